The molecular formula is C10H8F2O3. The normalized spacial score (nSPS) is 9.80. The minimum atomic E-state index is -0.928. The van der Waals surface area contributed by atoms with Crippen molar-refractivity contribution in [1.29, 1.82) is 0 Å². The van der Waals surface area contributed by atoms with E-state index in [0.717, 1.165) is 13.2 Å². The maximum atomic E-state index is 13.2. The van der Waals surface area contributed by atoms with Gasteiger partial charge in [-0.1, -0.05) is 0 Å². The molecule has 0 N–H and O–H groups in total. The average molecular weight is 214 g/mol. The van der Waals surface area contributed by atoms with Gasteiger partial charge in [-0.05, 0) is 6.07 Å². The SMILES string of the molecule is COC(=O)Cc1c(F)cc(F)cc1C=O. The van der Waals surface area contributed by atoms with Gasteiger partial charge in [0.25, 0.3) is 0 Å². The first-order chi connectivity index (χ1) is 7.08. The van der Waals surface area contributed by atoms with E-state index in [1.165, 1.54) is 0 Å². The van der Waals surface area contributed by atoms with Gasteiger partial charge in [0, 0.05) is 17.2 Å². The molecule has 0 fully saturated rings. The number of carbonyl (C=O) groups is 2. The smallest absolute Gasteiger partial charge is 0.310 e. The number of esters is 1. The second-order valence-corrected chi connectivity index (χ2v) is 2.83. The third-order valence-corrected chi connectivity index (χ3v) is 1.87. The number of halogens is 2. The fraction of sp³-hybridized carbons (Fsp3) is 0.200. The van der Waals surface area contributed by atoms with Crippen LogP contribution < -0.4 is 0 Å². The molecule has 0 saturated carbocycles. The molecule has 0 amide bonds. The van der Waals surface area contributed by atoms with E-state index in [0.29, 0.717) is 12.4 Å². The van der Waals surface area contributed by atoms with Gasteiger partial charge in [-0.2, -0.15) is 0 Å². The summed E-state index contributed by atoms with van der Waals surface area (Å²) in [6, 6.07) is 1.49. The summed E-state index contributed by atoms with van der Waals surface area (Å²) in [5, 5.41) is 0. The van der Waals surface area contributed by atoms with Gasteiger partial charge in [0.1, 0.15) is 11.6 Å². The summed E-state index contributed by atoms with van der Waals surface area (Å²) in [6.45, 7) is 0. The summed E-state index contributed by atoms with van der Waals surface area (Å²) in [6.07, 6.45) is -0.0961. The van der Waals surface area contributed by atoms with Crippen LogP contribution in [0.3, 0.4) is 0 Å². The highest BCUT2D eigenvalue weighted by atomic mass is 19.1. The Labute approximate surface area is 84.7 Å². The highest BCUT2D eigenvalue weighted by molar-refractivity contribution is 5.81. The molecule has 80 valence electrons. The van der Waals surface area contributed by atoms with Crippen molar-refractivity contribution < 1.29 is 23.1 Å². The molecule has 1 aromatic carbocycles. The predicted octanol–water partition coefficient (Wildman–Crippen LogP) is 1.49. The lowest BCUT2D eigenvalue weighted by molar-refractivity contribution is -0.139. The third kappa shape index (κ3) is 2.59. The van der Waals surface area contributed by atoms with E-state index >= 15 is 0 Å². The van der Waals surface area contributed by atoms with Crippen LogP contribution in [0.1, 0.15) is 15.9 Å². The van der Waals surface area contributed by atoms with Gasteiger partial charge in [0.05, 0.1) is 13.5 Å². The van der Waals surface area contributed by atoms with E-state index in [9.17, 15) is 18.4 Å². The Morgan fingerprint density at radius 2 is 2.13 bits per heavy atom. The molecule has 0 unspecified atom stereocenters. The van der Waals surface area contributed by atoms with Crippen molar-refractivity contribution in [3.05, 3.63) is 34.9 Å². The topological polar surface area (TPSA) is 43.4 Å². The molecule has 0 aromatic heterocycles. The molecular weight excluding hydrogens is 206 g/mol. The maximum absolute atomic E-state index is 13.2. The number of rotatable bonds is 3. The first-order valence-corrected chi connectivity index (χ1v) is 4.08. The van der Waals surface area contributed by atoms with Crippen molar-refractivity contribution in [3.8, 4) is 0 Å². The Morgan fingerprint density at radius 1 is 1.47 bits per heavy atom. The first-order valence-electron chi connectivity index (χ1n) is 4.08. The summed E-state index contributed by atoms with van der Waals surface area (Å²) < 4.78 is 30.2. The Kier molecular flexibility index (Phi) is 3.49. The van der Waals surface area contributed by atoms with Crippen LogP contribution in [-0.4, -0.2) is 19.4 Å². The third-order valence-electron chi connectivity index (χ3n) is 1.87. The highest BCUT2D eigenvalue weighted by Crippen LogP contribution is 2.15. The zero-order valence-corrected chi connectivity index (χ0v) is 7.92. The zero-order valence-electron chi connectivity index (χ0n) is 7.92. The van der Waals surface area contributed by atoms with Crippen LogP contribution in [0, 0.1) is 11.6 Å². The molecule has 3 nitrogen and oxygen atoms in total. The van der Waals surface area contributed by atoms with Crippen molar-refractivity contribution in [2.45, 2.75) is 6.42 Å². The monoisotopic (exact) mass is 214 g/mol. The minimum absolute atomic E-state index is 0.154. The van der Waals surface area contributed by atoms with Crippen molar-refractivity contribution in [2.24, 2.45) is 0 Å². The summed E-state index contributed by atoms with van der Waals surface area (Å²) in [5.74, 6) is -2.48. The Hall–Kier alpha value is -1.78. The van der Waals surface area contributed by atoms with Crippen molar-refractivity contribution in [3.63, 3.8) is 0 Å². The van der Waals surface area contributed by atoms with Gasteiger partial charge < -0.3 is 4.74 Å². The van der Waals surface area contributed by atoms with E-state index in [1.54, 1.807) is 0 Å². The number of ether oxygens (including phenoxy) is 1. The lowest BCUT2D eigenvalue weighted by Gasteiger charge is -2.05. The molecule has 0 spiro atoms. The van der Waals surface area contributed by atoms with Gasteiger partial charge in [-0.15, -0.1) is 0 Å². The van der Waals surface area contributed by atoms with Crippen LogP contribution in [0.2, 0.25) is 0 Å². The van der Waals surface area contributed by atoms with Crippen LogP contribution in [-0.2, 0) is 16.0 Å². The van der Waals surface area contributed by atoms with Gasteiger partial charge in [-0.3, -0.25) is 9.59 Å². The summed E-state index contributed by atoms with van der Waals surface area (Å²) in [7, 11) is 1.14. The second-order valence-electron chi connectivity index (χ2n) is 2.83. The molecule has 0 bridgehead atoms. The number of benzene rings is 1. The Bertz CT molecular complexity index is 402. The molecule has 1 rings (SSSR count). The van der Waals surface area contributed by atoms with E-state index in [-0.39, 0.29) is 11.1 Å². The zero-order chi connectivity index (χ0) is 11.4. The van der Waals surface area contributed by atoms with Crippen LogP contribution in [0.4, 0.5) is 8.78 Å². The quantitative estimate of drug-likeness (QED) is 0.565. The second kappa shape index (κ2) is 4.63. The number of hydrogen-bond acceptors (Lipinski definition) is 3. The van der Waals surface area contributed by atoms with E-state index in [2.05, 4.69) is 4.74 Å². The van der Waals surface area contributed by atoms with E-state index < -0.39 is 24.0 Å². The molecule has 1 aromatic rings. The predicted molar refractivity (Wildman–Crippen MR) is 47.5 cm³/mol. The first kappa shape index (κ1) is 11.3. The standard InChI is InChI=1S/C10H8F2O3/c1-15-10(14)4-8-6(5-13)2-7(11)3-9(8)12/h2-3,5H,4H2,1H3. The average Bonchev–Trinajstić information content (AvgIpc) is 2.21. The molecule has 5 heteroatoms. The molecule has 15 heavy (non-hydrogen) atoms. The lowest BCUT2D eigenvalue weighted by atomic mass is 10.0. The summed E-state index contributed by atoms with van der Waals surface area (Å²) in [5.41, 5.74) is -0.337. The van der Waals surface area contributed by atoms with Gasteiger partial charge in [0.15, 0.2) is 6.29 Å². The van der Waals surface area contributed by atoms with Crippen LogP contribution in [0.15, 0.2) is 12.1 Å². The summed E-state index contributed by atoms with van der Waals surface area (Å²) in [4.78, 5) is 21.4. The van der Waals surface area contributed by atoms with Gasteiger partial charge in [-0.25, -0.2) is 8.78 Å². The lowest BCUT2D eigenvalue weighted by Crippen LogP contribution is -2.09. The largest absolute Gasteiger partial charge is 0.469 e. The highest BCUT2D eigenvalue weighted by Gasteiger charge is 2.14. The number of methoxy groups -OCH3 is 1. The Morgan fingerprint density at radius 3 is 2.67 bits per heavy atom. The van der Waals surface area contributed by atoms with Crippen LogP contribution >= 0.6 is 0 Å². The molecule has 0 heterocycles. The van der Waals surface area contributed by atoms with Crippen LogP contribution in [0.25, 0.3) is 0 Å². The fourth-order valence-electron chi connectivity index (χ4n) is 1.13. The fourth-order valence-corrected chi connectivity index (χ4v) is 1.13. The van der Waals surface area contributed by atoms with Gasteiger partial charge in [0.2, 0.25) is 0 Å². The summed E-state index contributed by atoms with van der Waals surface area (Å²) >= 11 is 0. The number of aldehydes is 1. The molecule has 0 aliphatic rings. The van der Waals surface area contributed by atoms with Crippen molar-refractivity contribution in [2.75, 3.05) is 7.11 Å². The van der Waals surface area contributed by atoms with Crippen LogP contribution in [0.5, 0.6) is 0 Å². The molecule has 0 atom stereocenters. The van der Waals surface area contributed by atoms with Crippen molar-refractivity contribution >= 4 is 12.3 Å². The molecule has 0 saturated heterocycles. The molecule has 0 aliphatic carbocycles. The van der Waals surface area contributed by atoms with E-state index in [4.69, 9.17) is 0 Å². The number of carbonyl (C=O) groups excluding carboxylic acids is 2. The Balaban J connectivity index is 3.15. The maximum Gasteiger partial charge on any atom is 0.310 e. The van der Waals surface area contributed by atoms with Gasteiger partial charge >= 0.3 is 5.97 Å². The van der Waals surface area contributed by atoms with Crippen molar-refractivity contribution in [1.82, 2.24) is 0 Å². The van der Waals surface area contributed by atoms with E-state index in [1.807, 2.05) is 0 Å². The molecule has 0 aliphatic heterocycles. The number of hydrogen-bond donors (Lipinski definition) is 0. The minimum Gasteiger partial charge on any atom is -0.469 e. The molecule has 0 radical (unpaired) electrons.